The average Bonchev–Trinajstić information content (AvgIpc) is 2.68. The van der Waals surface area contributed by atoms with Crippen molar-refractivity contribution in [2.75, 3.05) is 26.2 Å². The van der Waals surface area contributed by atoms with Gasteiger partial charge in [0.15, 0.2) is 0 Å². The third-order valence-electron chi connectivity index (χ3n) is 5.80. The monoisotopic (exact) mass is 338 g/mol. The first-order chi connectivity index (χ1) is 12.3. The van der Waals surface area contributed by atoms with Gasteiger partial charge < -0.3 is 4.90 Å². The van der Waals surface area contributed by atoms with Crippen molar-refractivity contribution in [2.45, 2.75) is 51.0 Å². The Bertz CT molecular complexity index is 584. The Kier molecular flexibility index (Phi) is 6.53. The molecule has 1 aromatic carbocycles. The standard InChI is InChI=1S/C22H30N2O/c1-2-15-23-16-7-6-10-21(23)22(25)24-17-13-20(14-18-24)12-11-19-8-4-3-5-9-19/h1,3-5,8-9,20-21H,6-7,10-18H2. The molecule has 0 radical (unpaired) electrons. The third kappa shape index (κ3) is 4.86. The lowest BCUT2D eigenvalue weighted by atomic mass is 9.90. The summed E-state index contributed by atoms with van der Waals surface area (Å²) in [6, 6.07) is 10.7. The molecule has 0 saturated carbocycles. The number of aryl methyl sites for hydroxylation is 1. The van der Waals surface area contributed by atoms with Crippen LogP contribution >= 0.6 is 0 Å². The van der Waals surface area contributed by atoms with E-state index in [1.54, 1.807) is 0 Å². The largest absolute Gasteiger partial charge is 0.341 e. The zero-order chi connectivity index (χ0) is 17.5. The number of hydrogen-bond acceptors (Lipinski definition) is 2. The quantitative estimate of drug-likeness (QED) is 0.769. The van der Waals surface area contributed by atoms with Crippen LogP contribution in [-0.2, 0) is 11.2 Å². The van der Waals surface area contributed by atoms with Gasteiger partial charge in [0.1, 0.15) is 0 Å². The first-order valence-electron chi connectivity index (χ1n) is 9.78. The van der Waals surface area contributed by atoms with Crippen LogP contribution in [0.25, 0.3) is 0 Å². The fourth-order valence-electron chi connectivity index (χ4n) is 4.25. The first-order valence-corrected chi connectivity index (χ1v) is 9.78. The molecular weight excluding hydrogens is 308 g/mol. The molecule has 0 N–H and O–H groups in total. The summed E-state index contributed by atoms with van der Waals surface area (Å²) in [6.07, 6.45) is 13.4. The molecule has 0 spiro atoms. The molecule has 0 bridgehead atoms. The maximum atomic E-state index is 12.9. The summed E-state index contributed by atoms with van der Waals surface area (Å²) >= 11 is 0. The Morgan fingerprint density at radius 2 is 1.84 bits per heavy atom. The lowest BCUT2D eigenvalue weighted by Crippen LogP contribution is -2.52. The van der Waals surface area contributed by atoms with Crippen LogP contribution in [0.15, 0.2) is 30.3 Å². The van der Waals surface area contributed by atoms with E-state index < -0.39 is 0 Å². The van der Waals surface area contributed by atoms with Crippen LogP contribution in [0, 0.1) is 18.3 Å². The first kappa shape index (κ1) is 18.0. The topological polar surface area (TPSA) is 23.6 Å². The Hall–Kier alpha value is -1.79. The highest BCUT2D eigenvalue weighted by molar-refractivity contribution is 5.82. The zero-order valence-corrected chi connectivity index (χ0v) is 15.2. The molecule has 0 aliphatic carbocycles. The highest BCUT2D eigenvalue weighted by atomic mass is 16.2. The second-order valence-corrected chi connectivity index (χ2v) is 7.48. The molecule has 3 rings (SSSR count). The van der Waals surface area contributed by atoms with Crippen LogP contribution in [0.2, 0.25) is 0 Å². The van der Waals surface area contributed by atoms with Crippen molar-refractivity contribution in [3.8, 4) is 12.3 Å². The molecular formula is C22H30N2O. The molecule has 2 aliphatic rings. The van der Waals surface area contributed by atoms with E-state index in [1.807, 2.05) is 0 Å². The van der Waals surface area contributed by atoms with E-state index in [1.165, 1.54) is 12.0 Å². The van der Waals surface area contributed by atoms with Crippen LogP contribution < -0.4 is 0 Å². The van der Waals surface area contributed by atoms with E-state index in [0.717, 1.165) is 64.1 Å². The Balaban J connectivity index is 1.46. The lowest BCUT2D eigenvalue weighted by Gasteiger charge is -2.39. The van der Waals surface area contributed by atoms with Gasteiger partial charge in [0.2, 0.25) is 5.91 Å². The van der Waals surface area contributed by atoms with Crippen molar-refractivity contribution in [2.24, 2.45) is 5.92 Å². The summed E-state index contributed by atoms with van der Waals surface area (Å²) in [7, 11) is 0. The van der Waals surface area contributed by atoms with E-state index in [4.69, 9.17) is 6.42 Å². The molecule has 3 heteroatoms. The number of piperidine rings is 2. The van der Waals surface area contributed by atoms with Crippen molar-refractivity contribution >= 4 is 5.91 Å². The van der Waals surface area contributed by atoms with Gasteiger partial charge in [-0.05, 0) is 56.6 Å². The van der Waals surface area contributed by atoms with E-state index in [9.17, 15) is 4.79 Å². The van der Waals surface area contributed by atoms with Crippen molar-refractivity contribution in [1.29, 1.82) is 0 Å². The smallest absolute Gasteiger partial charge is 0.239 e. The highest BCUT2D eigenvalue weighted by Gasteiger charge is 2.33. The van der Waals surface area contributed by atoms with E-state index in [0.29, 0.717) is 12.5 Å². The molecule has 3 nitrogen and oxygen atoms in total. The maximum Gasteiger partial charge on any atom is 0.239 e. The molecule has 2 fully saturated rings. The number of carbonyl (C=O) groups excluding carboxylic acids is 1. The molecule has 1 amide bonds. The SMILES string of the molecule is C#CCN1CCCCC1C(=O)N1CCC(CCc2ccccc2)CC1. The Labute approximate surface area is 152 Å². The number of hydrogen-bond donors (Lipinski definition) is 0. The second-order valence-electron chi connectivity index (χ2n) is 7.48. The van der Waals surface area contributed by atoms with Gasteiger partial charge in [-0.2, -0.15) is 0 Å². The lowest BCUT2D eigenvalue weighted by molar-refractivity contribution is -0.139. The number of rotatable bonds is 5. The number of likely N-dealkylation sites (tertiary alicyclic amines) is 2. The van der Waals surface area contributed by atoms with E-state index in [2.05, 4.69) is 46.1 Å². The fourth-order valence-corrected chi connectivity index (χ4v) is 4.25. The maximum absolute atomic E-state index is 12.9. The predicted molar refractivity (Wildman–Crippen MR) is 102 cm³/mol. The molecule has 134 valence electrons. The second kappa shape index (κ2) is 9.06. The van der Waals surface area contributed by atoms with Gasteiger partial charge in [-0.15, -0.1) is 6.42 Å². The van der Waals surface area contributed by atoms with Crippen molar-refractivity contribution in [3.63, 3.8) is 0 Å². The summed E-state index contributed by atoms with van der Waals surface area (Å²) < 4.78 is 0. The van der Waals surface area contributed by atoms with Gasteiger partial charge in [0.05, 0.1) is 12.6 Å². The molecule has 25 heavy (non-hydrogen) atoms. The van der Waals surface area contributed by atoms with Crippen molar-refractivity contribution in [3.05, 3.63) is 35.9 Å². The number of terminal acetylenes is 1. The summed E-state index contributed by atoms with van der Waals surface area (Å²) in [5, 5.41) is 0. The van der Waals surface area contributed by atoms with Crippen LogP contribution in [0.1, 0.15) is 44.1 Å². The van der Waals surface area contributed by atoms with Gasteiger partial charge in [-0.1, -0.05) is 42.7 Å². The van der Waals surface area contributed by atoms with Gasteiger partial charge in [-0.25, -0.2) is 0 Å². The normalized spacial score (nSPS) is 22.5. The minimum atomic E-state index is 0.0191. The van der Waals surface area contributed by atoms with E-state index in [-0.39, 0.29) is 6.04 Å². The Morgan fingerprint density at radius 3 is 2.56 bits per heavy atom. The van der Waals surface area contributed by atoms with Crippen LogP contribution in [-0.4, -0.2) is 47.9 Å². The van der Waals surface area contributed by atoms with Gasteiger partial charge in [0.25, 0.3) is 0 Å². The molecule has 2 aliphatic heterocycles. The summed E-state index contributed by atoms with van der Waals surface area (Å²) in [6.45, 7) is 3.40. The molecule has 0 aromatic heterocycles. The number of benzene rings is 1. The summed E-state index contributed by atoms with van der Waals surface area (Å²) in [5.74, 6) is 3.78. The van der Waals surface area contributed by atoms with Gasteiger partial charge in [-0.3, -0.25) is 9.69 Å². The Morgan fingerprint density at radius 1 is 1.08 bits per heavy atom. The minimum absolute atomic E-state index is 0.0191. The van der Waals surface area contributed by atoms with Gasteiger partial charge in [0, 0.05) is 13.1 Å². The fraction of sp³-hybridized carbons (Fsp3) is 0.591. The van der Waals surface area contributed by atoms with Gasteiger partial charge >= 0.3 is 0 Å². The van der Waals surface area contributed by atoms with Crippen LogP contribution in [0.4, 0.5) is 0 Å². The number of nitrogens with zero attached hydrogens (tertiary/aromatic N) is 2. The zero-order valence-electron chi connectivity index (χ0n) is 15.2. The third-order valence-corrected chi connectivity index (χ3v) is 5.80. The molecule has 1 unspecified atom stereocenters. The van der Waals surface area contributed by atoms with Crippen molar-refractivity contribution in [1.82, 2.24) is 9.80 Å². The predicted octanol–water partition coefficient (Wildman–Crippen LogP) is 3.35. The molecule has 1 aromatic rings. The highest BCUT2D eigenvalue weighted by Crippen LogP contribution is 2.25. The number of carbonyl (C=O) groups is 1. The average molecular weight is 338 g/mol. The van der Waals surface area contributed by atoms with E-state index >= 15 is 0 Å². The summed E-state index contributed by atoms with van der Waals surface area (Å²) in [4.78, 5) is 17.2. The van der Waals surface area contributed by atoms with Crippen LogP contribution in [0.5, 0.6) is 0 Å². The summed E-state index contributed by atoms with van der Waals surface area (Å²) in [5.41, 5.74) is 1.42. The minimum Gasteiger partial charge on any atom is -0.341 e. The van der Waals surface area contributed by atoms with Crippen LogP contribution in [0.3, 0.4) is 0 Å². The van der Waals surface area contributed by atoms with Crippen molar-refractivity contribution < 1.29 is 4.79 Å². The molecule has 2 saturated heterocycles. The number of amides is 1. The molecule has 1 atom stereocenters. The molecule has 2 heterocycles.